The van der Waals surface area contributed by atoms with Gasteiger partial charge in [0.05, 0.1) is 24.4 Å². The molecule has 0 spiro atoms. The van der Waals surface area contributed by atoms with Crippen molar-refractivity contribution in [1.82, 2.24) is 14.9 Å². The first kappa shape index (κ1) is 19.0. The van der Waals surface area contributed by atoms with Gasteiger partial charge in [-0.15, -0.1) is 0 Å². The number of benzene rings is 1. The molecule has 8 heteroatoms. The first-order valence-corrected chi connectivity index (χ1v) is 9.77. The summed E-state index contributed by atoms with van der Waals surface area (Å²) >= 11 is 6.14. The van der Waals surface area contributed by atoms with Crippen LogP contribution in [0.15, 0.2) is 30.3 Å². The van der Waals surface area contributed by atoms with Gasteiger partial charge in [0, 0.05) is 18.7 Å². The van der Waals surface area contributed by atoms with E-state index in [0.717, 1.165) is 36.2 Å². The number of halogens is 1. The van der Waals surface area contributed by atoms with Crippen LogP contribution in [0.2, 0.25) is 5.28 Å². The third-order valence-corrected chi connectivity index (χ3v) is 5.34. The Morgan fingerprint density at radius 3 is 2.82 bits per heavy atom. The van der Waals surface area contributed by atoms with Gasteiger partial charge >= 0.3 is 6.09 Å². The molecule has 1 atom stereocenters. The summed E-state index contributed by atoms with van der Waals surface area (Å²) in [5.41, 5.74) is 1.78. The van der Waals surface area contributed by atoms with Gasteiger partial charge in [0.1, 0.15) is 12.4 Å². The summed E-state index contributed by atoms with van der Waals surface area (Å²) in [5, 5.41) is 10.6. The van der Waals surface area contributed by atoms with Crippen LogP contribution in [0, 0.1) is 0 Å². The highest BCUT2D eigenvalue weighted by Gasteiger charge is 2.35. The highest BCUT2D eigenvalue weighted by atomic mass is 35.5. The van der Waals surface area contributed by atoms with Crippen LogP contribution in [0.4, 0.5) is 10.6 Å². The highest BCUT2D eigenvalue weighted by molar-refractivity contribution is 6.28. The number of carbonyl (C=O) groups is 1. The predicted molar refractivity (Wildman–Crippen MR) is 105 cm³/mol. The molecule has 2 aliphatic heterocycles. The Hall–Kier alpha value is -2.38. The zero-order chi connectivity index (χ0) is 19.7. The average Bonchev–Trinajstić information content (AvgIpc) is 3.09. The summed E-state index contributed by atoms with van der Waals surface area (Å²) in [6, 6.07) is 9.57. The minimum atomic E-state index is -0.768. The van der Waals surface area contributed by atoms with Crippen LogP contribution in [-0.4, -0.2) is 44.8 Å². The second-order valence-corrected chi connectivity index (χ2v) is 8.00. The molecule has 1 saturated heterocycles. The number of aliphatic hydroxyl groups is 1. The van der Waals surface area contributed by atoms with Crippen molar-refractivity contribution in [3.63, 3.8) is 0 Å². The summed E-state index contributed by atoms with van der Waals surface area (Å²) in [6.07, 6.45) is 1.23. The predicted octanol–water partition coefficient (Wildman–Crippen LogP) is 3.13. The van der Waals surface area contributed by atoms with E-state index in [1.54, 1.807) is 4.90 Å². The molecule has 2 aliphatic rings. The van der Waals surface area contributed by atoms with E-state index in [-0.39, 0.29) is 11.9 Å². The van der Waals surface area contributed by atoms with Crippen molar-refractivity contribution < 1.29 is 14.6 Å². The summed E-state index contributed by atoms with van der Waals surface area (Å²) in [4.78, 5) is 24.9. The van der Waals surface area contributed by atoms with Crippen LogP contribution < -0.4 is 4.90 Å². The Kier molecular flexibility index (Phi) is 5.12. The molecule has 1 aromatic carbocycles. The maximum absolute atomic E-state index is 12.5. The number of β-amino-alcohol motifs (C(OH)–C–C–N with tert-alkyl or cyclic N) is 1. The smallest absolute Gasteiger partial charge is 0.410 e. The van der Waals surface area contributed by atoms with Gasteiger partial charge in [-0.05, 0) is 36.9 Å². The van der Waals surface area contributed by atoms with E-state index in [1.165, 1.54) is 0 Å². The molecule has 1 aromatic heterocycles. The number of hydrogen-bond acceptors (Lipinski definition) is 6. The van der Waals surface area contributed by atoms with Crippen LogP contribution in [0.25, 0.3) is 0 Å². The second-order valence-electron chi connectivity index (χ2n) is 7.66. The number of anilines is 1. The van der Waals surface area contributed by atoms with Gasteiger partial charge in [0.15, 0.2) is 0 Å². The van der Waals surface area contributed by atoms with Crippen molar-refractivity contribution in [3.05, 3.63) is 52.4 Å². The van der Waals surface area contributed by atoms with E-state index in [1.807, 2.05) is 42.2 Å². The fourth-order valence-electron chi connectivity index (χ4n) is 3.81. The summed E-state index contributed by atoms with van der Waals surface area (Å²) in [5.74, 6) is 0.702. The Morgan fingerprint density at radius 1 is 1.29 bits per heavy atom. The largest absolute Gasteiger partial charge is 0.445 e. The molecule has 1 N–H and O–H groups in total. The molecule has 0 saturated carbocycles. The topological polar surface area (TPSA) is 78.8 Å². The Morgan fingerprint density at radius 2 is 2.07 bits per heavy atom. The van der Waals surface area contributed by atoms with E-state index >= 15 is 0 Å². The number of fused-ring (bicyclic) bond motifs is 1. The van der Waals surface area contributed by atoms with Gasteiger partial charge in [-0.2, -0.15) is 0 Å². The van der Waals surface area contributed by atoms with Crippen molar-refractivity contribution in [2.45, 2.75) is 45.1 Å². The number of ether oxygens (including phenoxy) is 1. The van der Waals surface area contributed by atoms with Gasteiger partial charge in [-0.25, -0.2) is 14.8 Å². The molecule has 4 rings (SSSR count). The van der Waals surface area contributed by atoms with Crippen molar-refractivity contribution in [2.24, 2.45) is 0 Å². The summed E-state index contributed by atoms with van der Waals surface area (Å²) in [7, 11) is 0. The zero-order valence-electron chi connectivity index (χ0n) is 15.8. The Labute approximate surface area is 168 Å². The number of piperidine rings is 1. The van der Waals surface area contributed by atoms with Gasteiger partial charge in [-0.3, -0.25) is 4.90 Å². The lowest BCUT2D eigenvalue weighted by atomic mass is 9.95. The fraction of sp³-hybridized carbons (Fsp3) is 0.450. The molecule has 0 unspecified atom stereocenters. The number of rotatable bonds is 3. The standard InChI is InChI=1S/C20H23ClN4O3/c1-20(27)8-5-9-24(13-20)17-15-10-25(11-16(15)22-18(21)23-17)19(26)28-12-14-6-3-2-4-7-14/h2-4,6-7,27H,5,8-13H2,1H3/t20-/m1/s1. The lowest BCUT2D eigenvalue weighted by Gasteiger charge is -2.38. The number of nitrogens with zero attached hydrogens (tertiary/aromatic N) is 4. The molecule has 0 radical (unpaired) electrons. The van der Waals surface area contributed by atoms with E-state index in [4.69, 9.17) is 16.3 Å². The average molecular weight is 403 g/mol. The highest BCUT2D eigenvalue weighted by Crippen LogP contribution is 2.33. The Bertz CT molecular complexity index is 875. The molecule has 0 bridgehead atoms. The fourth-order valence-corrected chi connectivity index (χ4v) is 3.99. The first-order valence-electron chi connectivity index (χ1n) is 9.39. The van der Waals surface area contributed by atoms with Crippen molar-refractivity contribution in [2.75, 3.05) is 18.0 Å². The van der Waals surface area contributed by atoms with E-state index in [9.17, 15) is 9.90 Å². The van der Waals surface area contributed by atoms with E-state index in [2.05, 4.69) is 9.97 Å². The van der Waals surface area contributed by atoms with Gasteiger partial charge < -0.3 is 14.7 Å². The minimum absolute atomic E-state index is 0.151. The number of carbonyl (C=O) groups excluding carboxylic acids is 1. The SMILES string of the molecule is C[C@@]1(O)CCCN(c2nc(Cl)nc3c2CN(C(=O)OCc2ccccc2)C3)C1. The molecule has 1 fully saturated rings. The van der Waals surface area contributed by atoms with Crippen LogP contribution in [0.3, 0.4) is 0 Å². The number of aromatic nitrogens is 2. The second kappa shape index (κ2) is 7.56. The minimum Gasteiger partial charge on any atom is -0.445 e. The molecular weight excluding hydrogens is 380 g/mol. The maximum Gasteiger partial charge on any atom is 0.410 e. The van der Waals surface area contributed by atoms with Crippen molar-refractivity contribution >= 4 is 23.5 Å². The van der Waals surface area contributed by atoms with Crippen LogP contribution >= 0.6 is 11.6 Å². The molecule has 28 heavy (non-hydrogen) atoms. The first-order chi connectivity index (χ1) is 13.4. The molecule has 148 valence electrons. The van der Waals surface area contributed by atoms with Crippen LogP contribution in [-0.2, 0) is 24.4 Å². The monoisotopic (exact) mass is 402 g/mol. The third-order valence-electron chi connectivity index (χ3n) is 5.17. The lowest BCUT2D eigenvalue weighted by Crippen LogP contribution is -2.46. The third kappa shape index (κ3) is 4.05. The molecule has 3 heterocycles. The maximum atomic E-state index is 12.5. The molecule has 7 nitrogen and oxygen atoms in total. The normalized spacial score (nSPS) is 21.5. The Balaban J connectivity index is 1.49. The van der Waals surface area contributed by atoms with E-state index < -0.39 is 11.7 Å². The van der Waals surface area contributed by atoms with Gasteiger partial charge in [0.2, 0.25) is 5.28 Å². The zero-order valence-corrected chi connectivity index (χ0v) is 16.5. The summed E-state index contributed by atoms with van der Waals surface area (Å²) < 4.78 is 5.44. The number of hydrogen-bond donors (Lipinski definition) is 1. The lowest BCUT2D eigenvalue weighted by molar-refractivity contribution is 0.0446. The van der Waals surface area contributed by atoms with Crippen LogP contribution in [0.1, 0.15) is 36.6 Å². The number of amides is 1. The van der Waals surface area contributed by atoms with E-state index in [0.29, 0.717) is 25.5 Å². The molecular formula is C20H23ClN4O3. The van der Waals surface area contributed by atoms with Crippen LogP contribution in [0.5, 0.6) is 0 Å². The van der Waals surface area contributed by atoms with Crippen molar-refractivity contribution in [3.8, 4) is 0 Å². The van der Waals surface area contributed by atoms with Crippen molar-refractivity contribution in [1.29, 1.82) is 0 Å². The molecule has 1 amide bonds. The van der Waals surface area contributed by atoms with Gasteiger partial charge in [0.25, 0.3) is 0 Å². The molecule has 2 aromatic rings. The molecule has 0 aliphatic carbocycles. The van der Waals surface area contributed by atoms with Gasteiger partial charge in [-0.1, -0.05) is 30.3 Å². The summed E-state index contributed by atoms with van der Waals surface area (Å²) in [6.45, 7) is 4.02. The quantitative estimate of drug-likeness (QED) is 0.794.